The van der Waals surface area contributed by atoms with Gasteiger partial charge in [-0.05, 0) is 45.8 Å². The second kappa shape index (κ2) is 10.5. The van der Waals surface area contributed by atoms with Gasteiger partial charge in [-0.1, -0.05) is 30.3 Å². The summed E-state index contributed by atoms with van der Waals surface area (Å²) in [6, 6.07) is 9.17. The zero-order valence-corrected chi connectivity index (χ0v) is 20.7. The summed E-state index contributed by atoms with van der Waals surface area (Å²) in [6.45, 7) is 7.95. The van der Waals surface area contributed by atoms with E-state index in [1.807, 2.05) is 30.3 Å². The van der Waals surface area contributed by atoms with Gasteiger partial charge in [-0.2, -0.15) is 0 Å². The van der Waals surface area contributed by atoms with E-state index in [1.165, 1.54) is 16.7 Å². The molecule has 3 rings (SSSR count). The molecule has 1 aromatic carbocycles. The van der Waals surface area contributed by atoms with Gasteiger partial charge in [0.1, 0.15) is 24.3 Å². The third-order valence-electron chi connectivity index (χ3n) is 5.37. The van der Waals surface area contributed by atoms with E-state index < -0.39 is 42.3 Å². The molecule has 0 N–H and O–H groups in total. The number of hydrogen-bond acceptors (Lipinski definition) is 9. The minimum atomic E-state index is -0.865. The fraction of sp³-hybridized carbons (Fsp3) is 0.500. The molecule has 34 heavy (non-hydrogen) atoms. The lowest BCUT2D eigenvalue weighted by molar-refractivity contribution is -0.175. The molecule has 1 amide bonds. The van der Waals surface area contributed by atoms with Gasteiger partial charge in [0, 0.05) is 5.75 Å². The predicted octanol–water partition coefficient (Wildman–Crippen LogP) is 3.62. The Balaban J connectivity index is 1.55. The quantitative estimate of drug-likeness (QED) is 0.321. The molecule has 0 spiro atoms. The monoisotopic (exact) mass is 491 g/mol. The first-order valence-corrected chi connectivity index (χ1v) is 11.9. The van der Waals surface area contributed by atoms with Crippen LogP contribution >= 0.6 is 11.8 Å². The number of ether oxygens (including phenoxy) is 4. The van der Waals surface area contributed by atoms with Crippen LogP contribution in [0.25, 0.3) is 0 Å². The standard InChI is InChI=1S/C24H29NO8S/c1-14-12-34-20-17(15(2)33-23(29)30-11-16-9-7-6-8-10-16)19(26)25(20)18(14)21(27)31-13-32-22(28)24(3,4)5/h6-10,15,17,20H,11-13H2,1-5H3/t15?,17-,20-/m0/s1. The molecule has 1 fully saturated rings. The largest absolute Gasteiger partial charge is 0.508 e. The van der Waals surface area contributed by atoms with Crippen molar-refractivity contribution in [1.82, 2.24) is 4.90 Å². The van der Waals surface area contributed by atoms with Gasteiger partial charge < -0.3 is 18.9 Å². The Morgan fingerprint density at radius 1 is 1.12 bits per heavy atom. The summed E-state index contributed by atoms with van der Waals surface area (Å²) in [6.07, 6.45) is -1.61. The van der Waals surface area contributed by atoms with Crippen molar-refractivity contribution in [2.24, 2.45) is 11.3 Å². The van der Waals surface area contributed by atoms with Crippen LogP contribution in [0.5, 0.6) is 0 Å². The van der Waals surface area contributed by atoms with Crippen LogP contribution in [0.4, 0.5) is 4.79 Å². The number of thioether (sulfide) groups is 1. The summed E-state index contributed by atoms with van der Waals surface area (Å²) in [7, 11) is 0. The van der Waals surface area contributed by atoms with E-state index in [4.69, 9.17) is 18.9 Å². The van der Waals surface area contributed by atoms with Crippen LogP contribution in [0, 0.1) is 11.3 Å². The average Bonchev–Trinajstić information content (AvgIpc) is 2.77. The molecule has 2 aliphatic heterocycles. The van der Waals surface area contributed by atoms with Gasteiger partial charge in [0.15, 0.2) is 0 Å². The van der Waals surface area contributed by atoms with E-state index in [0.717, 1.165) is 5.56 Å². The number of benzene rings is 1. The molecule has 1 saturated heterocycles. The summed E-state index contributed by atoms with van der Waals surface area (Å²) in [4.78, 5) is 50.9. The van der Waals surface area contributed by atoms with Crippen LogP contribution < -0.4 is 0 Å². The molecule has 3 atom stereocenters. The Morgan fingerprint density at radius 3 is 2.44 bits per heavy atom. The molecular formula is C24H29NO8S. The van der Waals surface area contributed by atoms with Gasteiger partial charge >= 0.3 is 18.1 Å². The summed E-state index contributed by atoms with van der Waals surface area (Å²) < 4.78 is 20.6. The maximum atomic E-state index is 12.9. The van der Waals surface area contributed by atoms with Gasteiger partial charge in [0.05, 0.1) is 10.8 Å². The molecule has 9 nitrogen and oxygen atoms in total. The van der Waals surface area contributed by atoms with E-state index in [0.29, 0.717) is 11.3 Å². The predicted molar refractivity (Wildman–Crippen MR) is 123 cm³/mol. The van der Waals surface area contributed by atoms with E-state index in [-0.39, 0.29) is 23.6 Å². The third-order valence-corrected chi connectivity index (χ3v) is 6.82. The van der Waals surface area contributed by atoms with Crippen LogP contribution in [0.2, 0.25) is 0 Å². The molecule has 1 unspecified atom stereocenters. The highest BCUT2D eigenvalue weighted by molar-refractivity contribution is 8.00. The first kappa shape index (κ1) is 25.6. The minimum Gasteiger partial charge on any atom is -0.430 e. The molecule has 0 aromatic heterocycles. The van der Waals surface area contributed by atoms with Gasteiger partial charge in [-0.15, -0.1) is 11.8 Å². The number of hydrogen-bond donors (Lipinski definition) is 0. The third kappa shape index (κ3) is 5.72. The minimum absolute atomic E-state index is 0.0625. The number of amides is 1. The van der Waals surface area contributed by atoms with Crippen LogP contribution in [0.15, 0.2) is 41.6 Å². The van der Waals surface area contributed by atoms with Gasteiger partial charge in [0.25, 0.3) is 0 Å². The molecule has 0 radical (unpaired) electrons. The number of esters is 2. The molecule has 10 heteroatoms. The maximum Gasteiger partial charge on any atom is 0.508 e. The van der Waals surface area contributed by atoms with Crippen molar-refractivity contribution < 1.29 is 38.1 Å². The molecule has 0 aliphatic carbocycles. The zero-order chi connectivity index (χ0) is 25.0. The lowest BCUT2D eigenvalue weighted by Gasteiger charge is -2.50. The Labute approximate surface area is 202 Å². The van der Waals surface area contributed by atoms with Crippen molar-refractivity contribution in [3.63, 3.8) is 0 Å². The number of carbonyl (C=O) groups is 4. The van der Waals surface area contributed by atoms with E-state index in [9.17, 15) is 19.2 Å². The first-order chi connectivity index (χ1) is 16.0. The normalized spacial score (nSPS) is 20.6. The second-order valence-electron chi connectivity index (χ2n) is 9.14. The molecule has 0 bridgehead atoms. The lowest BCUT2D eigenvalue weighted by Crippen LogP contribution is -2.64. The Kier molecular flexibility index (Phi) is 7.91. The summed E-state index contributed by atoms with van der Waals surface area (Å²) in [5.74, 6) is -1.72. The first-order valence-electron chi connectivity index (χ1n) is 10.9. The molecule has 184 valence electrons. The van der Waals surface area contributed by atoms with Crippen LogP contribution in [-0.2, 0) is 39.9 Å². The molecule has 2 aliphatic rings. The van der Waals surface area contributed by atoms with Gasteiger partial charge in [-0.3, -0.25) is 14.5 Å². The SMILES string of the molecule is CC1=C(C(=O)OCOC(=O)C(C)(C)C)N2C(=O)[C@H](C(C)OC(=O)OCc3ccccc3)[C@@H]2SC1. The van der Waals surface area contributed by atoms with E-state index in [2.05, 4.69) is 0 Å². The van der Waals surface area contributed by atoms with Crippen molar-refractivity contribution in [3.05, 3.63) is 47.2 Å². The summed E-state index contributed by atoms with van der Waals surface area (Å²) in [5.41, 5.74) is 0.900. The highest BCUT2D eigenvalue weighted by atomic mass is 32.2. The highest BCUT2D eigenvalue weighted by Gasteiger charge is 2.56. The fourth-order valence-electron chi connectivity index (χ4n) is 3.49. The number of fused-ring (bicyclic) bond motifs is 1. The number of carbonyl (C=O) groups excluding carboxylic acids is 4. The Morgan fingerprint density at radius 2 is 1.79 bits per heavy atom. The van der Waals surface area contributed by atoms with Crippen molar-refractivity contribution in [1.29, 1.82) is 0 Å². The fourth-order valence-corrected chi connectivity index (χ4v) is 4.95. The van der Waals surface area contributed by atoms with Gasteiger partial charge in [0.2, 0.25) is 12.7 Å². The van der Waals surface area contributed by atoms with Crippen LogP contribution in [-0.4, -0.2) is 52.9 Å². The average molecular weight is 492 g/mol. The second-order valence-corrected chi connectivity index (χ2v) is 10.2. The Bertz CT molecular complexity index is 984. The molecule has 1 aromatic rings. The molecule has 0 saturated carbocycles. The van der Waals surface area contributed by atoms with Crippen molar-refractivity contribution in [2.45, 2.75) is 52.7 Å². The van der Waals surface area contributed by atoms with Crippen molar-refractivity contribution >= 4 is 35.8 Å². The highest BCUT2D eigenvalue weighted by Crippen LogP contribution is 2.45. The lowest BCUT2D eigenvalue weighted by atomic mass is 9.91. The summed E-state index contributed by atoms with van der Waals surface area (Å²) in [5, 5.41) is -0.382. The smallest absolute Gasteiger partial charge is 0.430 e. The molecular weight excluding hydrogens is 462 g/mol. The maximum absolute atomic E-state index is 12.9. The van der Waals surface area contributed by atoms with E-state index >= 15 is 0 Å². The molecule has 2 heterocycles. The van der Waals surface area contributed by atoms with Crippen LogP contribution in [0.1, 0.15) is 40.2 Å². The zero-order valence-electron chi connectivity index (χ0n) is 19.9. The number of rotatable bonds is 7. The summed E-state index contributed by atoms with van der Waals surface area (Å²) >= 11 is 1.47. The number of β-lactam (4-membered cyclic amide) rings is 1. The van der Waals surface area contributed by atoms with E-state index in [1.54, 1.807) is 34.6 Å². The number of nitrogens with zero attached hydrogens (tertiary/aromatic N) is 1. The van der Waals surface area contributed by atoms with Crippen LogP contribution in [0.3, 0.4) is 0 Å². The van der Waals surface area contributed by atoms with Crippen molar-refractivity contribution in [3.8, 4) is 0 Å². The Hall–Kier alpha value is -3.01. The van der Waals surface area contributed by atoms with Crippen molar-refractivity contribution in [2.75, 3.05) is 12.5 Å². The van der Waals surface area contributed by atoms with Gasteiger partial charge in [-0.25, -0.2) is 9.59 Å². The topological polar surface area (TPSA) is 108 Å².